The van der Waals surface area contributed by atoms with Gasteiger partial charge in [0, 0.05) is 36.3 Å². The van der Waals surface area contributed by atoms with Crippen molar-refractivity contribution in [3.05, 3.63) is 41.1 Å². The van der Waals surface area contributed by atoms with Crippen LogP contribution in [0.5, 0.6) is 0 Å². The minimum atomic E-state index is 0.928. The second-order valence-electron chi connectivity index (χ2n) is 4.51. The van der Waals surface area contributed by atoms with Crippen molar-refractivity contribution in [2.45, 2.75) is 26.3 Å². The molecule has 0 amide bonds. The van der Waals surface area contributed by atoms with E-state index in [9.17, 15) is 0 Å². The van der Waals surface area contributed by atoms with Crippen molar-refractivity contribution in [1.82, 2.24) is 15.5 Å². The monoisotopic (exact) mass is 227 g/mol. The molecule has 0 unspecified atom stereocenters. The molecule has 0 saturated carbocycles. The Morgan fingerprint density at radius 1 is 1.35 bits per heavy atom. The highest BCUT2D eigenvalue weighted by atomic mass is 15.1. The summed E-state index contributed by atoms with van der Waals surface area (Å²) in [7, 11) is 0. The first-order valence-corrected chi connectivity index (χ1v) is 6.24. The zero-order valence-electron chi connectivity index (χ0n) is 10.1. The minimum absolute atomic E-state index is 0.928. The highest BCUT2D eigenvalue weighted by Gasteiger charge is 2.17. The van der Waals surface area contributed by atoms with Gasteiger partial charge in [0.05, 0.1) is 5.69 Å². The van der Waals surface area contributed by atoms with Crippen molar-refractivity contribution in [3.8, 4) is 11.3 Å². The van der Waals surface area contributed by atoms with E-state index in [0.717, 1.165) is 31.6 Å². The standard InChI is InChI=1S/C14H17N3/c1-2-10-4-3-5-11(8-10)14-12-9-15-7-6-13(12)16-17-14/h3-5,8,15H,2,6-7,9H2,1H3,(H,16,17). The molecule has 2 N–H and O–H groups in total. The first kappa shape index (κ1) is 10.5. The highest BCUT2D eigenvalue weighted by Crippen LogP contribution is 2.26. The van der Waals surface area contributed by atoms with Gasteiger partial charge in [-0.25, -0.2) is 0 Å². The number of fused-ring (bicyclic) bond motifs is 1. The van der Waals surface area contributed by atoms with Crippen LogP contribution in [0, 0.1) is 0 Å². The van der Waals surface area contributed by atoms with E-state index < -0.39 is 0 Å². The summed E-state index contributed by atoms with van der Waals surface area (Å²) in [4.78, 5) is 0. The van der Waals surface area contributed by atoms with Crippen molar-refractivity contribution < 1.29 is 0 Å². The van der Waals surface area contributed by atoms with Crippen molar-refractivity contribution >= 4 is 0 Å². The molecule has 3 heteroatoms. The number of nitrogens with zero attached hydrogens (tertiary/aromatic N) is 1. The third kappa shape index (κ3) is 1.87. The Hall–Kier alpha value is -1.61. The van der Waals surface area contributed by atoms with Crippen LogP contribution in [0.4, 0.5) is 0 Å². The minimum Gasteiger partial charge on any atom is -0.312 e. The number of aromatic amines is 1. The smallest absolute Gasteiger partial charge is 0.0968 e. The van der Waals surface area contributed by atoms with Crippen molar-refractivity contribution in [2.75, 3.05) is 6.54 Å². The van der Waals surface area contributed by atoms with E-state index in [-0.39, 0.29) is 0 Å². The van der Waals surface area contributed by atoms with Gasteiger partial charge in [-0.2, -0.15) is 5.10 Å². The lowest BCUT2D eigenvalue weighted by Gasteiger charge is -2.13. The summed E-state index contributed by atoms with van der Waals surface area (Å²) in [6.45, 7) is 4.15. The largest absolute Gasteiger partial charge is 0.312 e. The van der Waals surface area contributed by atoms with Crippen molar-refractivity contribution in [2.24, 2.45) is 0 Å². The Bertz CT molecular complexity index is 528. The number of H-pyrrole nitrogens is 1. The third-order valence-corrected chi connectivity index (χ3v) is 3.42. The number of rotatable bonds is 2. The molecule has 1 aromatic carbocycles. The number of hydrogen-bond acceptors (Lipinski definition) is 2. The van der Waals surface area contributed by atoms with Crippen LogP contribution < -0.4 is 5.32 Å². The van der Waals surface area contributed by atoms with Gasteiger partial charge in [0.25, 0.3) is 0 Å². The average molecular weight is 227 g/mol. The molecular formula is C14H17N3. The molecule has 1 aliphatic heterocycles. The summed E-state index contributed by atoms with van der Waals surface area (Å²) in [5, 5.41) is 11.1. The molecule has 3 nitrogen and oxygen atoms in total. The van der Waals surface area contributed by atoms with Gasteiger partial charge < -0.3 is 5.32 Å². The Balaban J connectivity index is 2.05. The quantitative estimate of drug-likeness (QED) is 0.826. The van der Waals surface area contributed by atoms with E-state index in [0.29, 0.717) is 0 Å². The van der Waals surface area contributed by atoms with E-state index in [1.165, 1.54) is 22.4 Å². The molecule has 88 valence electrons. The van der Waals surface area contributed by atoms with E-state index in [4.69, 9.17) is 0 Å². The fraction of sp³-hybridized carbons (Fsp3) is 0.357. The maximum absolute atomic E-state index is 4.48. The van der Waals surface area contributed by atoms with Crippen LogP contribution >= 0.6 is 0 Å². The van der Waals surface area contributed by atoms with Gasteiger partial charge in [-0.3, -0.25) is 5.10 Å². The molecule has 0 fully saturated rings. The maximum Gasteiger partial charge on any atom is 0.0968 e. The number of nitrogens with one attached hydrogen (secondary N) is 2. The summed E-state index contributed by atoms with van der Waals surface area (Å²) in [5.41, 5.74) is 6.33. The van der Waals surface area contributed by atoms with Gasteiger partial charge in [0.15, 0.2) is 0 Å². The average Bonchev–Trinajstić information content (AvgIpc) is 2.82. The van der Waals surface area contributed by atoms with Gasteiger partial charge in [-0.1, -0.05) is 25.1 Å². The molecule has 2 heterocycles. The second-order valence-corrected chi connectivity index (χ2v) is 4.51. The Morgan fingerprint density at radius 2 is 2.29 bits per heavy atom. The maximum atomic E-state index is 4.48. The molecule has 1 aromatic heterocycles. The molecule has 0 bridgehead atoms. The zero-order chi connectivity index (χ0) is 11.7. The molecule has 0 radical (unpaired) electrons. The Morgan fingerprint density at radius 3 is 3.18 bits per heavy atom. The Kier molecular flexibility index (Phi) is 2.69. The van der Waals surface area contributed by atoms with Gasteiger partial charge in [0.2, 0.25) is 0 Å². The van der Waals surface area contributed by atoms with Gasteiger partial charge in [0.1, 0.15) is 0 Å². The van der Waals surface area contributed by atoms with Crippen LogP contribution in [0.1, 0.15) is 23.7 Å². The van der Waals surface area contributed by atoms with Crippen LogP contribution in [-0.2, 0) is 19.4 Å². The fourth-order valence-electron chi connectivity index (χ4n) is 2.40. The number of aromatic nitrogens is 2. The number of hydrogen-bond donors (Lipinski definition) is 2. The fourth-order valence-corrected chi connectivity index (χ4v) is 2.40. The predicted octanol–water partition coefficient (Wildman–Crippen LogP) is 2.28. The second kappa shape index (κ2) is 4.34. The van der Waals surface area contributed by atoms with E-state index in [1.807, 2.05) is 0 Å². The lowest BCUT2D eigenvalue weighted by atomic mass is 10.0. The Labute approximate surface area is 101 Å². The lowest BCUT2D eigenvalue weighted by molar-refractivity contribution is 0.637. The van der Waals surface area contributed by atoms with Crippen LogP contribution in [0.2, 0.25) is 0 Å². The molecule has 3 rings (SSSR count). The van der Waals surface area contributed by atoms with E-state index >= 15 is 0 Å². The summed E-state index contributed by atoms with van der Waals surface area (Å²) >= 11 is 0. The molecule has 0 aliphatic carbocycles. The predicted molar refractivity (Wildman–Crippen MR) is 68.8 cm³/mol. The lowest BCUT2D eigenvalue weighted by Crippen LogP contribution is -2.23. The first-order chi connectivity index (χ1) is 8.38. The van der Waals surface area contributed by atoms with Crippen LogP contribution in [0.3, 0.4) is 0 Å². The number of benzene rings is 1. The van der Waals surface area contributed by atoms with E-state index in [2.05, 4.69) is 46.7 Å². The SMILES string of the molecule is CCc1cccc(-c2n[nH]c3c2CNCC3)c1. The normalized spacial score (nSPS) is 14.6. The summed E-state index contributed by atoms with van der Waals surface area (Å²) in [6.07, 6.45) is 2.12. The van der Waals surface area contributed by atoms with Crippen molar-refractivity contribution in [1.29, 1.82) is 0 Å². The van der Waals surface area contributed by atoms with Crippen LogP contribution in [-0.4, -0.2) is 16.7 Å². The summed E-state index contributed by atoms with van der Waals surface area (Å²) in [6, 6.07) is 8.67. The van der Waals surface area contributed by atoms with Gasteiger partial charge in [-0.15, -0.1) is 0 Å². The highest BCUT2D eigenvalue weighted by molar-refractivity contribution is 5.65. The summed E-state index contributed by atoms with van der Waals surface area (Å²) in [5.74, 6) is 0. The topological polar surface area (TPSA) is 40.7 Å². The number of aryl methyl sites for hydroxylation is 1. The van der Waals surface area contributed by atoms with Crippen LogP contribution in [0.15, 0.2) is 24.3 Å². The van der Waals surface area contributed by atoms with Crippen molar-refractivity contribution in [3.63, 3.8) is 0 Å². The third-order valence-electron chi connectivity index (χ3n) is 3.42. The molecular weight excluding hydrogens is 210 g/mol. The molecule has 17 heavy (non-hydrogen) atoms. The molecule has 0 saturated heterocycles. The van der Waals surface area contributed by atoms with Crippen LogP contribution in [0.25, 0.3) is 11.3 Å². The molecule has 1 aliphatic rings. The van der Waals surface area contributed by atoms with E-state index in [1.54, 1.807) is 0 Å². The first-order valence-electron chi connectivity index (χ1n) is 6.24. The zero-order valence-corrected chi connectivity index (χ0v) is 10.1. The van der Waals surface area contributed by atoms with Gasteiger partial charge >= 0.3 is 0 Å². The molecule has 0 spiro atoms. The summed E-state index contributed by atoms with van der Waals surface area (Å²) < 4.78 is 0. The van der Waals surface area contributed by atoms with Gasteiger partial charge in [-0.05, 0) is 18.1 Å². The molecule has 2 aromatic rings. The molecule has 0 atom stereocenters.